The van der Waals surface area contributed by atoms with E-state index in [-0.39, 0.29) is 24.0 Å². The summed E-state index contributed by atoms with van der Waals surface area (Å²) in [5.41, 5.74) is 2.87. The molecule has 124 valence electrons. The van der Waals surface area contributed by atoms with E-state index in [1.807, 2.05) is 6.92 Å². The Bertz CT molecular complexity index is 850. The van der Waals surface area contributed by atoms with Crippen molar-refractivity contribution in [3.8, 4) is 0 Å². The van der Waals surface area contributed by atoms with Gasteiger partial charge >= 0.3 is 0 Å². The number of rotatable bonds is 4. The number of anilines is 1. The van der Waals surface area contributed by atoms with Gasteiger partial charge in [-0.15, -0.1) is 11.6 Å². The van der Waals surface area contributed by atoms with Crippen molar-refractivity contribution < 1.29 is 14.7 Å². The Morgan fingerprint density at radius 2 is 1.75 bits per heavy atom. The molecule has 24 heavy (non-hydrogen) atoms. The van der Waals surface area contributed by atoms with Crippen molar-refractivity contribution in [1.82, 2.24) is 0 Å². The van der Waals surface area contributed by atoms with E-state index >= 15 is 0 Å². The van der Waals surface area contributed by atoms with Crippen molar-refractivity contribution in [3.05, 3.63) is 62.6 Å². The Kier molecular flexibility index (Phi) is 4.76. The van der Waals surface area contributed by atoms with Crippen LogP contribution in [0.15, 0.2) is 34.8 Å². The van der Waals surface area contributed by atoms with E-state index in [0.717, 1.165) is 5.56 Å². The van der Waals surface area contributed by atoms with Crippen molar-refractivity contribution in [2.75, 3.05) is 17.7 Å². The highest BCUT2D eigenvalue weighted by Gasteiger charge is 2.34. The Morgan fingerprint density at radius 1 is 1.17 bits per heavy atom. The van der Waals surface area contributed by atoms with Gasteiger partial charge in [-0.3, -0.25) is 9.59 Å². The topological polar surface area (TPSA) is 66.4 Å². The minimum Gasteiger partial charge on any atom is -0.390 e. The summed E-state index contributed by atoms with van der Waals surface area (Å²) in [6.07, 6.45) is -0.743. The number of nitrogens with one attached hydrogen (secondary N) is 1. The number of hydrogen-bond donors (Lipinski definition) is 2. The van der Waals surface area contributed by atoms with Gasteiger partial charge in [0, 0.05) is 27.8 Å². The molecule has 1 unspecified atom stereocenters. The molecule has 0 spiro atoms. The predicted octanol–water partition coefficient (Wildman–Crippen LogP) is 3.54. The number of aliphatic hydroxyl groups is 1. The molecule has 0 aromatic heterocycles. The minimum atomic E-state index is -0.743. The third-order valence-corrected chi connectivity index (χ3v) is 5.02. The van der Waals surface area contributed by atoms with Gasteiger partial charge in [0.2, 0.25) is 0 Å². The van der Waals surface area contributed by atoms with E-state index in [2.05, 4.69) is 21.2 Å². The third-order valence-electron chi connectivity index (χ3n) is 4.04. The van der Waals surface area contributed by atoms with Gasteiger partial charge in [0.05, 0.1) is 23.1 Å². The van der Waals surface area contributed by atoms with Gasteiger partial charge < -0.3 is 10.4 Å². The molecule has 0 saturated heterocycles. The molecule has 0 amide bonds. The zero-order chi connectivity index (χ0) is 17.4. The number of carbonyl (C=O) groups is 2. The Balaban J connectivity index is 2.18. The molecule has 2 aromatic rings. The van der Waals surface area contributed by atoms with Crippen LogP contribution in [0.5, 0.6) is 0 Å². The Hall–Kier alpha value is -1.69. The number of aryl methyl sites for hydroxylation is 1. The maximum atomic E-state index is 13.0. The fourth-order valence-electron chi connectivity index (χ4n) is 2.88. The highest BCUT2D eigenvalue weighted by molar-refractivity contribution is 9.10. The molecule has 2 aromatic carbocycles. The van der Waals surface area contributed by atoms with E-state index in [9.17, 15) is 14.7 Å². The second-order valence-electron chi connectivity index (χ2n) is 5.69. The number of fused-ring (bicyclic) bond motifs is 2. The van der Waals surface area contributed by atoms with Gasteiger partial charge in [-0.2, -0.15) is 0 Å². The summed E-state index contributed by atoms with van der Waals surface area (Å²) in [6, 6.07) is 8.60. The van der Waals surface area contributed by atoms with Crippen LogP contribution in [0, 0.1) is 6.92 Å². The van der Waals surface area contributed by atoms with E-state index < -0.39 is 6.10 Å². The molecular formula is C18H15BrClNO3. The molecule has 0 fully saturated rings. The molecule has 0 heterocycles. The van der Waals surface area contributed by atoms with Crippen LogP contribution in [-0.2, 0) is 0 Å². The molecule has 1 atom stereocenters. The first-order chi connectivity index (χ1) is 11.5. The van der Waals surface area contributed by atoms with Gasteiger partial charge in [-0.1, -0.05) is 24.3 Å². The van der Waals surface area contributed by atoms with Crippen LogP contribution in [0.25, 0.3) is 0 Å². The number of carbonyl (C=O) groups excluding carboxylic acids is 2. The first kappa shape index (κ1) is 17.1. The fourth-order valence-corrected chi connectivity index (χ4v) is 3.71. The van der Waals surface area contributed by atoms with Crippen LogP contribution >= 0.6 is 27.5 Å². The van der Waals surface area contributed by atoms with Crippen molar-refractivity contribution in [1.29, 1.82) is 0 Å². The van der Waals surface area contributed by atoms with Crippen LogP contribution < -0.4 is 5.32 Å². The smallest absolute Gasteiger partial charge is 0.196 e. The van der Waals surface area contributed by atoms with E-state index in [1.165, 1.54) is 0 Å². The van der Waals surface area contributed by atoms with Crippen LogP contribution in [0.2, 0.25) is 0 Å². The summed E-state index contributed by atoms with van der Waals surface area (Å²) >= 11 is 9.04. The molecule has 3 rings (SSSR count). The Morgan fingerprint density at radius 3 is 2.33 bits per heavy atom. The van der Waals surface area contributed by atoms with Gasteiger partial charge in [-0.25, -0.2) is 0 Å². The Labute approximate surface area is 153 Å². The zero-order valence-electron chi connectivity index (χ0n) is 12.9. The van der Waals surface area contributed by atoms with Crippen LogP contribution in [-0.4, -0.2) is 35.2 Å². The highest BCUT2D eigenvalue weighted by atomic mass is 79.9. The number of benzene rings is 2. The first-order valence-corrected chi connectivity index (χ1v) is 8.77. The molecule has 2 N–H and O–H groups in total. The molecule has 6 heteroatoms. The summed E-state index contributed by atoms with van der Waals surface area (Å²) in [4.78, 5) is 25.8. The lowest BCUT2D eigenvalue weighted by Crippen LogP contribution is -2.26. The number of ketones is 2. The second kappa shape index (κ2) is 6.67. The standard InChI is InChI=1S/C18H15BrClNO3/c1-9-6-13(19)14-15(16(9)21-8-10(22)7-20)18(24)12-5-3-2-4-11(12)17(14)23/h2-6,10,21-22H,7-8H2,1H3. The molecule has 0 saturated carbocycles. The van der Waals surface area contributed by atoms with Crippen molar-refractivity contribution in [2.24, 2.45) is 0 Å². The maximum absolute atomic E-state index is 13.0. The SMILES string of the molecule is Cc1cc(Br)c2c(c1NCC(O)CCl)C(=O)c1ccccc1C2=O. The normalized spacial score (nSPS) is 14.2. The summed E-state index contributed by atoms with van der Waals surface area (Å²) in [5, 5.41) is 12.8. The fraction of sp³-hybridized carbons (Fsp3) is 0.222. The van der Waals surface area contributed by atoms with Gasteiger partial charge in [0.15, 0.2) is 11.6 Å². The predicted molar refractivity (Wildman–Crippen MR) is 97.4 cm³/mol. The van der Waals surface area contributed by atoms with Gasteiger partial charge in [-0.05, 0) is 34.5 Å². The summed E-state index contributed by atoms with van der Waals surface area (Å²) in [6.45, 7) is 2.04. The molecule has 0 bridgehead atoms. The number of hydrogen-bond acceptors (Lipinski definition) is 4. The summed E-state index contributed by atoms with van der Waals surface area (Å²) in [5.74, 6) is -0.305. The summed E-state index contributed by atoms with van der Waals surface area (Å²) in [7, 11) is 0. The van der Waals surface area contributed by atoms with Crippen LogP contribution in [0.4, 0.5) is 5.69 Å². The van der Waals surface area contributed by atoms with Crippen molar-refractivity contribution in [3.63, 3.8) is 0 Å². The maximum Gasteiger partial charge on any atom is 0.196 e. The molecule has 1 aliphatic carbocycles. The average molecular weight is 409 g/mol. The minimum absolute atomic E-state index is 0.0838. The second-order valence-corrected chi connectivity index (χ2v) is 6.86. The molecule has 0 radical (unpaired) electrons. The molecular weight excluding hydrogens is 394 g/mol. The van der Waals surface area contributed by atoms with Gasteiger partial charge in [0.25, 0.3) is 0 Å². The lowest BCUT2D eigenvalue weighted by Gasteiger charge is -2.24. The van der Waals surface area contributed by atoms with Crippen LogP contribution in [0.1, 0.15) is 37.4 Å². The van der Waals surface area contributed by atoms with Crippen LogP contribution in [0.3, 0.4) is 0 Å². The lowest BCUT2D eigenvalue weighted by atomic mass is 9.82. The molecule has 1 aliphatic rings. The lowest BCUT2D eigenvalue weighted by molar-refractivity contribution is 0.0979. The van der Waals surface area contributed by atoms with E-state index in [1.54, 1.807) is 30.3 Å². The summed E-state index contributed by atoms with van der Waals surface area (Å²) < 4.78 is 0.589. The zero-order valence-corrected chi connectivity index (χ0v) is 15.2. The third kappa shape index (κ3) is 2.77. The highest BCUT2D eigenvalue weighted by Crippen LogP contribution is 2.38. The van der Waals surface area contributed by atoms with Crippen molar-refractivity contribution >= 4 is 44.8 Å². The number of alkyl halides is 1. The van der Waals surface area contributed by atoms with E-state index in [4.69, 9.17) is 11.6 Å². The quantitative estimate of drug-likeness (QED) is 0.648. The largest absolute Gasteiger partial charge is 0.390 e. The average Bonchev–Trinajstić information content (AvgIpc) is 2.58. The number of halogens is 2. The monoisotopic (exact) mass is 407 g/mol. The van der Waals surface area contributed by atoms with Crippen molar-refractivity contribution in [2.45, 2.75) is 13.0 Å². The number of aliphatic hydroxyl groups excluding tert-OH is 1. The van der Waals surface area contributed by atoms with Gasteiger partial charge in [0.1, 0.15) is 0 Å². The first-order valence-electron chi connectivity index (χ1n) is 7.45. The van der Waals surface area contributed by atoms with E-state index in [0.29, 0.717) is 32.4 Å². The molecule has 0 aliphatic heterocycles. The molecule has 4 nitrogen and oxygen atoms in total.